The van der Waals surface area contributed by atoms with Gasteiger partial charge in [-0.1, -0.05) is 42.5 Å². The van der Waals surface area contributed by atoms with Gasteiger partial charge in [-0.15, -0.1) is 11.8 Å². The van der Waals surface area contributed by atoms with Crippen molar-refractivity contribution in [1.29, 1.82) is 0 Å². The van der Waals surface area contributed by atoms with E-state index in [1.807, 2.05) is 0 Å². The summed E-state index contributed by atoms with van der Waals surface area (Å²) in [6, 6.07) is 19.1. The van der Waals surface area contributed by atoms with E-state index in [4.69, 9.17) is 4.74 Å². The monoisotopic (exact) mass is 450 g/mol. The number of anilines is 1. The Labute approximate surface area is 187 Å². The average molecular weight is 450 g/mol. The number of hydrogen-bond donors (Lipinski definition) is 1. The fourth-order valence-electron chi connectivity index (χ4n) is 2.90. The Kier molecular flexibility index (Phi) is 7.35. The first-order valence-corrected chi connectivity index (χ1v) is 10.6. The Morgan fingerprint density at radius 2 is 1.66 bits per heavy atom. The zero-order valence-electron chi connectivity index (χ0n) is 16.9. The summed E-state index contributed by atoms with van der Waals surface area (Å²) in [5.74, 6) is -1.95. The van der Waals surface area contributed by atoms with E-state index in [1.54, 1.807) is 60.9 Å². The highest BCUT2D eigenvalue weighted by Gasteiger charge is 2.23. The van der Waals surface area contributed by atoms with Crippen LogP contribution in [0.5, 0.6) is 0 Å². The molecular weight excluding hydrogens is 432 g/mol. The fourth-order valence-corrected chi connectivity index (χ4v) is 3.33. The van der Waals surface area contributed by atoms with E-state index in [0.717, 1.165) is 0 Å². The summed E-state index contributed by atoms with van der Waals surface area (Å²) in [5, 5.41) is 13.8. The Morgan fingerprint density at radius 1 is 0.969 bits per heavy atom. The molecule has 0 aliphatic heterocycles. The molecule has 0 aliphatic rings. The lowest BCUT2D eigenvalue weighted by atomic mass is 10.0. The van der Waals surface area contributed by atoms with Crippen molar-refractivity contribution in [1.82, 2.24) is 0 Å². The Balaban J connectivity index is 1.71. The molecule has 8 nitrogen and oxygen atoms in total. The van der Waals surface area contributed by atoms with Crippen LogP contribution in [0.4, 0.5) is 11.4 Å². The number of benzene rings is 3. The molecule has 162 valence electrons. The van der Waals surface area contributed by atoms with Gasteiger partial charge in [0, 0.05) is 22.1 Å². The van der Waals surface area contributed by atoms with Crippen LogP contribution in [-0.2, 0) is 9.53 Å². The second kappa shape index (κ2) is 10.4. The minimum absolute atomic E-state index is 0.241. The number of carbonyl (C=O) groups excluding carboxylic acids is 3. The number of para-hydroxylation sites is 1. The number of rotatable bonds is 8. The lowest BCUT2D eigenvalue weighted by molar-refractivity contribution is -0.385. The number of ketones is 1. The molecule has 0 bridgehead atoms. The number of nitro benzene ring substituents is 1. The molecule has 0 heterocycles. The van der Waals surface area contributed by atoms with Crippen molar-refractivity contribution in [3.05, 3.63) is 99.6 Å². The first-order valence-electron chi connectivity index (χ1n) is 9.39. The minimum atomic E-state index is -0.989. The summed E-state index contributed by atoms with van der Waals surface area (Å²) in [6.07, 6.45) is 1.76. The number of nitrogens with one attached hydrogen (secondary N) is 1. The lowest BCUT2D eigenvalue weighted by Crippen LogP contribution is -2.22. The van der Waals surface area contributed by atoms with Crippen molar-refractivity contribution in [2.24, 2.45) is 0 Å². The van der Waals surface area contributed by atoms with Crippen LogP contribution in [0.2, 0.25) is 0 Å². The molecule has 1 N–H and O–H groups in total. The van der Waals surface area contributed by atoms with E-state index >= 15 is 0 Å². The highest BCUT2D eigenvalue weighted by Crippen LogP contribution is 2.25. The highest BCUT2D eigenvalue weighted by atomic mass is 32.2. The minimum Gasteiger partial charge on any atom is -0.452 e. The summed E-state index contributed by atoms with van der Waals surface area (Å²) in [5.41, 5.74) is 0.349. The van der Waals surface area contributed by atoms with E-state index in [-0.39, 0.29) is 22.6 Å². The highest BCUT2D eigenvalue weighted by molar-refractivity contribution is 7.98. The molecule has 0 atom stereocenters. The number of ether oxygens (including phenoxy) is 1. The molecular formula is C23H18N2O6S. The predicted octanol–water partition coefficient (Wildman–Crippen LogP) is 4.34. The van der Waals surface area contributed by atoms with Gasteiger partial charge in [-0.25, -0.2) is 4.79 Å². The molecule has 32 heavy (non-hydrogen) atoms. The third-order valence-corrected chi connectivity index (χ3v) is 5.16. The van der Waals surface area contributed by atoms with Gasteiger partial charge in [-0.05, 0) is 30.5 Å². The van der Waals surface area contributed by atoms with E-state index < -0.39 is 29.1 Å². The maximum absolute atomic E-state index is 12.8. The Morgan fingerprint density at radius 3 is 2.34 bits per heavy atom. The molecule has 0 unspecified atom stereocenters. The van der Waals surface area contributed by atoms with Gasteiger partial charge < -0.3 is 10.1 Å². The molecule has 0 saturated carbocycles. The molecule has 0 aromatic heterocycles. The third kappa shape index (κ3) is 5.38. The molecule has 0 radical (unpaired) electrons. The van der Waals surface area contributed by atoms with Gasteiger partial charge in [-0.3, -0.25) is 19.7 Å². The number of esters is 1. The summed E-state index contributed by atoms with van der Waals surface area (Å²) < 4.78 is 4.99. The second-order valence-electron chi connectivity index (χ2n) is 6.51. The molecule has 3 rings (SSSR count). The molecule has 3 aromatic rings. The largest absolute Gasteiger partial charge is 0.452 e. The van der Waals surface area contributed by atoms with Crippen LogP contribution < -0.4 is 5.32 Å². The van der Waals surface area contributed by atoms with E-state index in [1.165, 1.54) is 30.0 Å². The number of nitrogens with zero attached hydrogens (tertiary/aromatic N) is 1. The van der Waals surface area contributed by atoms with Crippen molar-refractivity contribution in [2.45, 2.75) is 4.90 Å². The van der Waals surface area contributed by atoms with Crippen LogP contribution >= 0.6 is 11.8 Å². The fraction of sp³-hybridized carbons (Fsp3) is 0.0870. The molecule has 0 saturated heterocycles. The Bertz CT molecular complexity index is 1180. The third-order valence-electron chi connectivity index (χ3n) is 4.44. The summed E-state index contributed by atoms with van der Waals surface area (Å²) in [7, 11) is 0. The second-order valence-corrected chi connectivity index (χ2v) is 7.38. The predicted molar refractivity (Wildman–Crippen MR) is 120 cm³/mol. The Hall–Kier alpha value is -3.98. The van der Waals surface area contributed by atoms with Gasteiger partial charge >= 0.3 is 5.97 Å². The van der Waals surface area contributed by atoms with Gasteiger partial charge in [0.15, 0.2) is 12.4 Å². The molecule has 9 heteroatoms. The molecule has 1 amide bonds. The number of hydrogen-bond acceptors (Lipinski definition) is 7. The number of carbonyl (C=O) groups is 3. The van der Waals surface area contributed by atoms with Crippen LogP contribution in [-0.4, -0.2) is 35.4 Å². The van der Waals surface area contributed by atoms with Gasteiger partial charge in [0.2, 0.25) is 0 Å². The average Bonchev–Trinajstić information content (AvgIpc) is 2.82. The summed E-state index contributed by atoms with van der Waals surface area (Å²) in [6.45, 7) is -0.673. The van der Waals surface area contributed by atoms with Crippen molar-refractivity contribution < 1.29 is 24.0 Å². The number of amides is 1. The topological polar surface area (TPSA) is 116 Å². The smallest absolute Gasteiger partial charge is 0.345 e. The van der Waals surface area contributed by atoms with Crippen molar-refractivity contribution in [3.8, 4) is 0 Å². The lowest BCUT2D eigenvalue weighted by Gasteiger charge is -2.11. The summed E-state index contributed by atoms with van der Waals surface area (Å²) >= 11 is 1.31. The maximum Gasteiger partial charge on any atom is 0.345 e. The molecule has 3 aromatic carbocycles. The summed E-state index contributed by atoms with van der Waals surface area (Å²) in [4.78, 5) is 48.7. The molecule has 0 aliphatic carbocycles. The van der Waals surface area contributed by atoms with Crippen molar-refractivity contribution >= 4 is 40.8 Å². The van der Waals surface area contributed by atoms with Crippen LogP contribution in [0, 0.1) is 10.1 Å². The van der Waals surface area contributed by atoms with Crippen LogP contribution in [0.15, 0.2) is 77.7 Å². The van der Waals surface area contributed by atoms with Crippen molar-refractivity contribution in [2.75, 3.05) is 18.2 Å². The van der Waals surface area contributed by atoms with Crippen molar-refractivity contribution in [3.63, 3.8) is 0 Å². The van der Waals surface area contributed by atoms with Gasteiger partial charge in [-0.2, -0.15) is 0 Å². The van der Waals surface area contributed by atoms with Gasteiger partial charge in [0.05, 0.1) is 10.6 Å². The first-order chi connectivity index (χ1) is 15.4. The first kappa shape index (κ1) is 22.7. The number of nitro groups is 1. The van der Waals surface area contributed by atoms with Gasteiger partial charge in [0.25, 0.3) is 11.6 Å². The van der Waals surface area contributed by atoms with E-state index in [9.17, 15) is 24.5 Å². The van der Waals surface area contributed by atoms with Crippen LogP contribution in [0.3, 0.4) is 0 Å². The molecule has 0 spiro atoms. The zero-order chi connectivity index (χ0) is 23.1. The number of thioether (sulfide) groups is 1. The van der Waals surface area contributed by atoms with Gasteiger partial charge in [0.1, 0.15) is 5.56 Å². The standard InChI is InChI=1S/C23H18N2O6S/c1-32-16-11-12-20(25(29)30)18(13-16)23(28)31-14-21(26)24-19-10-6-5-9-17(19)22(27)15-7-3-2-4-8-15/h2-13H,14H2,1H3,(H,24,26). The van der Waals surface area contributed by atoms with E-state index in [2.05, 4.69) is 5.32 Å². The zero-order valence-corrected chi connectivity index (χ0v) is 17.8. The normalized spacial score (nSPS) is 10.3. The van der Waals surface area contributed by atoms with Crippen LogP contribution in [0.25, 0.3) is 0 Å². The quantitative estimate of drug-likeness (QED) is 0.178. The van der Waals surface area contributed by atoms with Crippen LogP contribution in [0.1, 0.15) is 26.3 Å². The maximum atomic E-state index is 12.8. The molecule has 0 fully saturated rings. The SMILES string of the molecule is CSc1ccc([N+](=O)[O-])c(C(=O)OCC(=O)Nc2ccccc2C(=O)c2ccccc2)c1. The van der Waals surface area contributed by atoms with E-state index in [0.29, 0.717) is 10.5 Å².